The van der Waals surface area contributed by atoms with Gasteiger partial charge in [-0.1, -0.05) is 23.4 Å². The van der Waals surface area contributed by atoms with Gasteiger partial charge in [-0.3, -0.25) is 9.20 Å². The predicted octanol–water partition coefficient (Wildman–Crippen LogP) is 3.13. The number of rotatable bonds is 3. The van der Waals surface area contributed by atoms with Gasteiger partial charge in [-0.15, -0.1) is 10.2 Å². The van der Waals surface area contributed by atoms with Crippen molar-refractivity contribution < 1.29 is 22.7 Å². The summed E-state index contributed by atoms with van der Waals surface area (Å²) in [5.41, 5.74) is -0.790. The monoisotopic (exact) mass is 408 g/mol. The number of amides is 1. The van der Waals surface area contributed by atoms with Crippen molar-refractivity contribution in [2.24, 2.45) is 0 Å². The average molecular weight is 409 g/mol. The maximum Gasteiger partial charge on any atom is 0.417 e. The molecular formula is C15H16ClF3N4O2S. The number of hydrogen-bond acceptors (Lipinski definition) is 5. The van der Waals surface area contributed by atoms with Gasteiger partial charge in [0.1, 0.15) is 0 Å². The number of aromatic nitrogens is 3. The number of alkyl halides is 3. The molecule has 0 unspecified atom stereocenters. The molecule has 0 radical (unpaired) electrons. The summed E-state index contributed by atoms with van der Waals surface area (Å²) in [6, 6.07) is 0.807. The molecule has 1 amide bonds. The van der Waals surface area contributed by atoms with Gasteiger partial charge in [-0.25, -0.2) is 0 Å². The van der Waals surface area contributed by atoms with Crippen LogP contribution < -0.4 is 0 Å². The number of morpholine rings is 1. The van der Waals surface area contributed by atoms with Crippen LogP contribution in [-0.4, -0.2) is 56.5 Å². The highest BCUT2D eigenvalue weighted by Gasteiger charge is 2.32. The minimum absolute atomic E-state index is 0.0358. The third kappa shape index (κ3) is 4.07. The van der Waals surface area contributed by atoms with Crippen LogP contribution in [0, 0.1) is 0 Å². The van der Waals surface area contributed by atoms with Crippen molar-refractivity contribution in [3.63, 3.8) is 0 Å². The van der Waals surface area contributed by atoms with Gasteiger partial charge in [0.25, 0.3) is 0 Å². The second-order valence-corrected chi connectivity index (χ2v) is 7.45. The van der Waals surface area contributed by atoms with Crippen molar-refractivity contribution >= 4 is 34.9 Å². The standard InChI is InChI=1S/C15H16ClF3N4O2S/c1-8-4-22(5-9(2)25-8)12(24)7-26-14-21-20-13-11(16)3-10(6-23(13)14)15(17,18)19/h3,6,8-9H,4-5,7H2,1-2H3/t8-,9-/m1/s1. The minimum atomic E-state index is -4.54. The fourth-order valence-electron chi connectivity index (χ4n) is 2.79. The van der Waals surface area contributed by atoms with E-state index in [1.807, 2.05) is 13.8 Å². The maximum absolute atomic E-state index is 13.0. The van der Waals surface area contributed by atoms with Gasteiger partial charge >= 0.3 is 6.18 Å². The van der Waals surface area contributed by atoms with Crippen molar-refractivity contribution in [2.45, 2.75) is 37.4 Å². The lowest BCUT2D eigenvalue weighted by Crippen LogP contribution is -2.48. The van der Waals surface area contributed by atoms with Gasteiger partial charge in [-0.05, 0) is 19.9 Å². The summed E-state index contributed by atoms with van der Waals surface area (Å²) in [5.74, 6) is -0.0968. The summed E-state index contributed by atoms with van der Waals surface area (Å²) in [6.07, 6.45) is -3.78. The van der Waals surface area contributed by atoms with E-state index >= 15 is 0 Å². The van der Waals surface area contributed by atoms with Crippen molar-refractivity contribution in [3.05, 3.63) is 22.8 Å². The van der Waals surface area contributed by atoms with Crippen LogP contribution >= 0.6 is 23.4 Å². The summed E-state index contributed by atoms with van der Waals surface area (Å²) >= 11 is 6.90. The van der Waals surface area contributed by atoms with Crippen LogP contribution in [0.5, 0.6) is 0 Å². The Kier molecular flexibility index (Phi) is 5.36. The van der Waals surface area contributed by atoms with Gasteiger partial charge in [0, 0.05) is 19.3 Å². The molecule has 3 heterocycles. The Hall–Kier alpha value is -1.52. The number of fused-ring (bicyclic) bond motifs is 1. The van der Waals surface area contributed by atoms with Crippen molar-refractivity contribution in [2.75, 3.05) is 18.8 Å². The Morgan fingerprint density at radius 2 is 2.00 bits per heavy atom. The number of carbonyl (C=O) groups is 1. The van der Waals surface area contributed by atoms with Crippen LogP contribution in [0.2, 0.25) is 5.02 Å². The number of carbonyl (C=O) groups excluding carboxylic acids is 1. The number of ether oxygens (including phenoxy) is 1. The second-order valence-electron chi connectivity index (χ2n) is 6.10. The zero-order valence-corrected chi connectivity index (χ0v) is 15.5. The van der Waals surface area contributed by atoms with Crippen molar-refractivity contribution in [1.29, 1.82) is 0 Å². The fraction of sp³-hybridized carbons (Fsp3) is 0.533. The molecule has 0 aromatic carbocycles. The molecule has 3 rings (SSSR count). The highest BCUT2D eigenvalue weighted by Crippen LogP contribution is 2.33. The average Bonchev–Trinajstić information content (AvgIpc) is 2.94. The Morgan fingerprint density at radius 1 is 1.35 bits per heavy atom. The molecule has 0 bridgehead atoms. The molecule has 142 valence electrons. The molecule has 6 nitrogen and oxygen atoms in total. The normalized spacial score (nSPS) is 21.4. The van der Waals surface area contributed by atoms with Gasteiger partial charge < -0.3 is 9.64 Å². The van der Waals surface area contributed by atoms with E-state index in [-0.39, 0.29) is 39.7 Å². The lowest BCUT2D eigenvalue weighted by atomic mass is 10.2. The van der Waals surface area contributed by atoms with E-state index in [1.54, 1.807) is 4.90 Å². The van der Waals surface area contributed by atoms with E-state index in [1.165, 1.54) is 0 Å². The Labute approximate surface area is 156 Å². The molecule has 0 aliphatic carbocycles. The van der Waals surface area contributed by atoms with E-state index in [0.29, 0.717) is 13.1 Å². The summed E-state index contributed by atoms with van der Waals surface area (Å²) in [4.78, 5) is 14.1. The van der Waals surface area contributed by atoms with E-state index in [0.717, 1.165) is 28.4 Å². The quantitative estimate of drug-likeness (QED) is 0.730. The predicted molar refractivity (Wildman–Crippen MR) is 90.3 cm³/mol. The largest absolute Gasteiger partial charge is 0.417 e. The van der Waals surface area contributed by atoms with Gasteiger partial charge in [0.05, 0.1) is 28.5 Å². The first-order chi connectivity index (χ1) is 12.1. The van der Waals surface area contributed by atoms with Crippen molar-refractivity contribution in [3.8, 4) is 0 Å². The SMILES string of the molecule is C[C@@H]1CN(C(=O)CSc2nnc3c(Cl)cc(C(F)(F)F)cn23)C[C@@H](C)O1. The smallest absolute Gasteiger partial charge is 0.372 e. The molecule has 0 spiro atoms. The lowest BCUT2D eigenvalue weighted by Gasteiger charge is -2.35. The maximum atomic E-state index is 13.0. The number of thioether (sulfide) groups is 1. The molecule has 26 heavy (non-hydrogen) atoms. The van der Waals surface area contributed by atoms with Crippen LogP contribution in [0.1, 0.15) is 19.4 Å². The first-order valence-corrected chi connectivity index (χ1v) is 9.19. The Bertz CT molecular complexity index is 819. The molecule has 0 N–H and O–H groups in total. The van der Waals surface area contributed by atoms with E-state index in [9.17, 15) is 18.0 Å². The number of hydrogen-bond donors (Lipinski definition) is 0. The van der Waals surface area contributed by atoms with E-state index in [2.05, 4.69) is 10.2 Å². The molecule has 1 saturated heterocycles. The molecule has 11 heteroatoms. The van der Waals surface area contributed by atoms with E-state index in [4.69, 9.17) is 16.3 Å². The summed E-state index contributed by atoms with van der Waals surface area (Å²) < 4.78 is 45.7. The second kappa shape index (κ2) is 7.24. The van der Waals surface area contributed by atoms with Gasteiger partial charge in [0.2, 0.25) is 5.91 Å². The van der Waals surface area contributed by atoms with Crippen LogP contribution in [0.25, 0.3) is 5.65 Å². The zero-order valence-electron chi connectivity index (χ0n) is 14.0. The first kappa shape index (κ1) is 19.2. The lowest BCUT2D eigenvalue weighted by molar-refractivity contribution is -0.140. The number of halogens is 4. The molecule has 1 fully saturated rings. The fourth-order valence-corrected chi connectivity index (χ4v) is 3.84. The summed E-state index contributed by atoms with van der Waals surface area (Å²) in [5, 5.41) is 7.68. The van der Waals surface area contributed by atoms with Crippen LogP contribution in [0.15, 0.2) is 17.4 Å². The van der Waals surface area contributed by atoms with Gasteiger partial charge in [0.15, 0.2) is 10.8 Å². The minimum Gasteiger partial charge on any atom is -0.372 e. The highest BCUT2D eigenvalue weighted by molar-refractivity contribution is 7.99. The van der Waals surface area contributed by atoms with Crippen LogP contribution in [0.4, 0.5) is 13.2 Å². The third-order valence-corrected chi connectivity index (χ3v) is 5.06. The number of nitrogens with zero attached hydrogens (tertiary/aromatic N) is 4. The Balaban J connectivity index is 1.77. The van der Waals surface area contributed by atoms with E-state index < -0.39 is 11.7 Å². The topological polar surface area (TPSA) is 59.7 Å². The highest BCUT2D eigenvalue weighted by atomic mass is 35.5. The first-order valence-electron chi connectivity index (χ1n) is 7.82. The summed E-state index contributed by atoms with van der Waals surface area (Å²) in [7, 11) is 0. The molecule has 2 aromatic heterocycles. The molecular weight excluding hydrogens is 393 g/mol. The molecule has 2 aromatic rings. The Morgan fingerprint density at radius 3 is 2.62 bits per heavy atom. The molecule has 1 aliphatic rings. The van der Waals surface area contributed by atoms with Crippen molar-refractivity contribution in [1.82, 2.24) is 19.5 Å². The summed E-state index contributed by atoms with van der Waals surface area (Å²) in [6.45, 7) is 4.73. The third-order valence-electron chi connectivity index (χ3n) is 3.85. The molecule has 0 saturated carbocycles. The molecule has 2 atom stereocenters. The van der Waals surface area contributed by atoms with Crippen LogP contribution in [0.3, 0.4) is 0 Å². The zero-order chi connectivity index (χ0) is 19.1. The molecule has 1 aliphatic heterocycles. The van der Waals surface area contributed by atoms with Crippen LogP contribution in [-0.2, 0) is 15.7 Å². The van der Waals surface area contributed by atoms with Gasteiger partial charge in [-0.2, -0.15) is 13.2 Å². The number of pyridine rings is 1.